The number of benzene rings is 1. The highest BCUT2D eigenvalue weighted by Gasteiger charge is 2.43. The number of nitrogens with zero attached hydrogens (tertiary/aromatic N) is 3. The number of fused-ring (bicyclic) bond motifs is 2. The average Bonchev–Trinajstić information content (AvgIpc) is 3.06. The minimum absolute atomic E-state index is 0.0109. The van der Waals surface area contributed by atoms with Gasteiger partial charge >= 0.3 is 0 Å². The maximum absolute atomic E-state index is 13.8. The standard InChI is InChI=1S/C22H20FN3O4/c23-14-4-5-17-15(13-14)20(27)18-19(16-3-1-2-6-24-16)26(22(28)21(18)30-17)8-7-25-9-11-29-12-10-25/h1-6,13,19H,7-12H2. The number of carbonyl (C=O) groups excluding carboxylic acids is 1. The third-order valence-corrected chi connectivity index (χ3v) is 5.66. The molecule has 1 saturated heterocycles. The van der Waals surface area contributed by atoms with Crippen LogP contribution in [0.4, 0.5) is 4.39 Å². The summed E-state index contributed by atoms with van der Waals surface area (Å²) in [6, 6.07) is 8.45. The third kappa shape index (κ3) is 3.18. The second-order valence-corrected chi connectivity index (χ2v) is 7.42. The van der Waals surface area contributed by atoms with Crippen LogP contribution in [0.25, 0.3) is 11.0 Å². The SMILES string of the molecule is O=C1c2oc3ccc(F)cc3c(=O)c2C(c2ccccn2)N1CCN1CCOCC1. The molecular weight excluding hydrogens is 389 g/mol. The first-order valence-electron chi connectivity index (χ1n) is 9.92. The first-order chi connectivity index (χ1) is 14.6. The number of carbonyl (C=O) groups is 1. The molecule has 8 heteroatoms. The van der Waals surface area contributed by atoms with Gasteiger partial charge in [-0.3, -0.25) is 19.5 Å². The van der Waals surface area contributed by atoms with Gasteiger partial charge in [-0.25, -0.2) is 4.39 Å². The lowest BCUT2D eigenvalue weighted by Gasteiger charge is -2.30. The fourth-order valence-electron chi connectivity index (χ4n) is 4.14. The van der Waals surface area contributed by atoms with E-state index in [0.717, 1.165) is 19.2 Å². The monoisotopic (exact) mass is 409 g/mol. The zero-order valence-corrected chi connectivity index (χ0v) is 16.2. The molecule has 0 spiro atoms. The molecule has 0 radical (unpaired) electrons. The predicted molar refractivity (Wildman–Crippen MR) is 107 cm³/mol. The quantitative estimate of drug-likeness (QED) is 0.658. The number of pyridine rings is 1. The van der Waals surface area contributed by atoms with E-state index >= 15 is 0 Å². The lowest BCUT2D eigenvalue weighted by atomic mass is 10.0. The summed E-state index contributed by atoms with van der Waals surface area (Å²) < 4.78 is 25.0. The Morgan fingerprint density at radius 3 is 2.70 bits per heavy atom. The molecule has 2 aromatic heterocycles. The molecule has 2 aliphatic rings. The van der Waals surface area contributed by atoms with Gasteiger partial charge in [0.2, 0.25) is 5.76 Å². The molecule has 2 aliphatic heterocycles. The highest BCUT2D eigenvalue weighted by Crippen LogP contribution is 2.37. The molecule has 1 aromatic carbocycles. The van der Waals surface area contributed by atoms with Gasteiger partial charge in [0.15, 0.2) is 5.43 Å². The van der Waals surface area contributed by atoms with E-state index < -0.39 is 17.3 Å². The average molecular weight is 409 g/mol. The summed E-state index contributed by atoms with van der Waals surface area (Å²) >= 11 is 0. The van der Waals surface area contributed by atoms with Gasteiger partial charge in [0, 0.05) is 32.4 Å². The molecule has 0 saturated carbocycles. The molecule has 0 aliphatic carbocycles. The van der Waals surface area contributed by atoms with E-state index in [9.17, 15) is 14.0 Å². The van der Waals surface area contributed by atoms with Crippen molar-refractivity contribution < 1.29 is 18.3 Å². The first kappa shape index (κ1) is 18.9. The molecule has 154 valence electrons. The van der Waals surface area contributed by atoms with E-state index in [1.54, 1.807) is 23.2 Å². The van der Waals surface area contributed by atoms with Crippen LogP contribution in [0, 0.1) is 5.82 Å². The smallest absolute Gasteiger partial charge is 0.291 e. The summed E-state index contributed by atoms with van der Waals surface area (Å²) in [6.07, 6.45) is 1.63. The van der Waals surface area contributed by atoms with Crippen molar-refractivity contribution in [1.82, 2.24) is 14.8 Å². The van der Waals surface area contributed by atoms with E-state index in [-0.39, 0.29) is 28.2 Å². The Bertz CT molecular complexity index is 1160. The van der Waals surface area contributed by atoms with Crippen LogP contribution in [-0.2, 0) is 4.74 Å². The van der Waals surface area contributed by atoms with Crippen LogP contribution in [0.15, 0.2) is 51.8 Å². The molecule has 30 heavy (non-hydrogen) atoms. The van der Waals surface area contributed by atoms with Gasteiger partial charge in [0.05, 0.1) is 29.9 Å². The Morgan fingerprint density at radius 1 is 1.10 bits per heavy atom. The molecule has 3 aromatic rings. The third-order valence-electron chi connectivity index (χ3n) is 5.66. The van der Waals surface area contributed by atoms with E-state index in [1.807, 2.05) is 6.07 Å². The van der Waals surface area contributed by atoms with Crippen molar-refractivity contribution in [2.75, 3.05) is 39.4 Å². The van der Waals surface area contributed by atoms with Gasteiger partial charge in [-0.15, -0.1) is 0 Å². The van der Waals surface area contributed by atoms with Crippen LogP contribution in [0.1, 0.15) is 27.9 Å². The molecule has 1 atom stereocenters. The number of hydrogen-bond donors (Lipinski definition) is 0. The molecule has 5 rings (SSSR count). The summed E-state index contributed by atoms with van der Waals surface area (Å²) in [6.45, 7) is 3.97. The van der Waals surface area contributed by atoms with Crippen LogP contribution in [0.2, 0.25) is 0 Å². The van der Waals surface area contributed by atoms with E-state index in [1.165, 1.54) is 12.1 Å². The summed E-state index contributed by atoms with van der Waals surface area (Å²) in [5.41, 5.74) is 0.598. The predicted octanol–water partition coefficient (Wildman–Crippen LogP) is 2.20. The normalized spacial score (nSPS) is 19.4. The zero-order valence-electron chi connectivity index (χ0n) is 16.2. The zero-order chi connectivity index (χ0) is 20.7. The van der Waals surface area contributed by atoms with Crippen LogP contribution < -0.4 is 5.43 Å². The van der Waals surface area contributed by atoms with Crippen molar-refractivity contribution in [2.24, 2.45) is 0 Å². The highest BCUT2D eigenvalue weighted by atomic mass is 19.1. The second-order valence-electron chi connectivity index (χ2n) is 7.42. The molecule has 0 bridgehead atoms. The summed E-state index contributed by atoms with van der Waals surface area (Å²) in [7, 11) is 0. The molecule has 1 unspecified atom stereocenters. The maximum atomic E-state index is 13.8. The van der Waals surface area contributed by atoms with E-state index in [2.05, 4.69) is 9.88 Å². The Labute approximate surface area is 171 Å². The molecular formula is C22H20FN3O4. The molecule has 1 fully saturated rings. The lowest BCUT2D eigenvalue weighted by Crippen LogP contribution is -2.42. The number of ether oxygens (including phenoxy) is 1. The van der Waals surface area contributed by atoms with Crippen LogP contribution in [0.5, 0.6) is 0 Å². The maximum Gasteiger partial charge on any atom is 0.291 e. The lowest BCUT2D eigenvalue weighted by molar-refractivity contribution is 0.0314. The van der Waals surface area contributed by atoms with Gasteiger partial charge in [-0.1, -0.05) is 6.07 Å². The largest absolute Gasteiger partial charge is 0.450 e. The van der Waals surface area contributed by atoms with Gasteiger partial charge in [0.1, 0.15) is 17.4 Å². The van der Waals surface area contributed by atoms with Gasteiger partial charge in [-0.2, -0.15) is 0 Å². The molecule has 0 N–H and O–H groups in total. The van der Waals surface area contributed by atoms with Crippen molar-refractivity contribution >= 4 is 16.9 Å². The van der Waals surface area contributed by atoms with Crippen molar-refractivity contribution in [3.05, 3.63) is 75.7 Å². The van der Waals surface area contributed by atoms with Gasteiger partial charge in [-0.05, 0) is 30.3 Å². The highest BCUT2D eigenvalue weighted by molar-refractivity contribution is 5.99. The van der Waals surface area contributed by atoms with Crippen molar-refractivity contribution in [1.29, 1.82) is 0 Å². The Balaban J connectivity index is 1.60. The van der Waals surface area contributed by atoms with Crippen LogP contribution in [0.3, 0.4) is 0 Å². The van der Waals surface area contributed by atoms with Crippen molar-refractivity contribution in [3.8, 4) is 0 Å². The Morgan fingerprint density at radius 2 is 1.93 bits per heavy atom. The summed E-state index contributed by atoms with van der Waals surface area (Å²) in [4.78, 5) is 34.8. The Hall–Kier alpha value is -3.10. The number of halogens is 1. The van der Waals surface area contributed by atoms with Crippen molar-refractivity contribution in [2.45, 2.75) is 6.04 Å². The molecule has 7 nitrogen and oxygen atoms in total. The molecule has 4 heterocycles. The van der Waals surface area contributed by atoms with Crippen LogP contribution >= 0.6 is 0 Å². The minimum Gasteiger partial charge on any atom is -0.450 e. The topological polar surface area (TPSA) is 75.9 Å². The first-order valence-corrected chi connectivity index (χ1v) is 9.92. The number of aromatic nitrogens is 1. The minimum atomic E-state index is -0.668. The second kappa shape index (κ2) is 7.62. The number of morpholine rings is 1. The summed E-state index contributed by atoms with van der Waals surface area (Å²) in [5.74, 6) is -0.869. The number of hydrogen-bond acceptors (Lipinski definition) is 6. The van der Waals surface area contributed by atoms with Gasteiger partial charge < -0.3 is 14.1 Å². The number of rotatable bonds is 4. The van der Waals surface area contributed by atoms with Crippen LogP contribution in [-0.4, -0.2) is 60.1 Å². The number of amides is 1. The molecule has 1 amide bonds. The summed E-state index contributed by atoms with van der Waals surface area (Å²) in [5, 5.41) is 0.123. The Kier molecular flexibility index (Phi) is 4.80. The fraction of sp³-hybridized carbons (Fsp3) is 0.318. The van der Waals surface area contributed by atoms with E-state index in [4.69, 9.17) is 9.15 Å². The van der Waals surface area contributed by atoms with E-state index in [0.29, 0.717) is 32.0 Å². The van der Waals surface area contributed by atoms with Crippen molar-refractivity contribution in [3.63, 3.8) is 0 Å². The van der Waals surface area contributed by atoms with Gasteiger partial charge in [0.25, 0.3) is 5.91 Å². The fourth-order valence-corrected chi connectivity index (χ4v) is 4.14.